The van der Waals surface area contributed by atoms with Crippen LogP contribution in [0.5, 0.6) is 0 Å². The molecule has 202 valence electrons. The summed E-state index contributed by atoms with van der Waals surface area (Å²) in [5.74, 6) is -0.480. The van der Waals surface area contributed by atoms with Crippen molar-refractivity contribution in [1.82, 2.24) is 10.2 Å². The van der Waals surface area contributed by atoms with Crippen molar-refractivity contribution >= 4 is 23.8 Å². The lowest BCUT2D eigenvalue weighted by atomic mass is 10.1. The molecule has 1 N–H and O–H groups in total. The van der Waals surface area contributed by atoms with Gasteiger partial charge in [0.15, 0.2) is 0 Å². The number of carbonyl (C=O) groups excluding carboxylic acids is 3. The maximum Gasteiger partial charge on any atom is 0.414 e. The highest BCUT2D eigenvalue weighted by Crippen LogP contribution is 2.26. The van der Waals surface area contributed by atoms with Crippen LogP contribution in [0.4, 0.5) is 19.7 Å². The van der Waals surface area contributed by atoms with E-state index in [2.05, 4.69) is 11.4 Å². The van der Waals surface area contributed by atoms with Crippen LogP contribution in [0.2, 0.25) is 0 Å². The first kappa shape index (κ1) is 28.4. The lowest BCUT2D eigenvalue weighted by molar-refractivity contribution is -0.119. The van der Waals surface area contributed by atoms with Crippen molar-refractivity contribution in [2.24, 2.45) is 5.92 Å². The van der Waals surface area contributed by atoms with E-state index in [1.165, 1.54) is 24.0 Å². The average Bonchev–Trinajstić information content (AvgIpc) is 3.49. The number of ether oxygens (including phenoxy) is 2. The molecule has 4 rings (SSSR count). The highest BCUT2D eigenvalue weighted by atomic mass is 19.1. The van der Waals surface area contributed by atoms with E-state index < -0.39 is 11.7 Å². The molecule has 38 heavy (non-hydrogen) atoms. The van der Waals surface area contributed by atoms with Crippen LogP contribution in [0.3, 0.4) is 0 Å². The Morgan fingerprint density at radius 1 is 1.16 bits per heavy atom. The van der Waals surface area contributed by atoms with Gasteiger partial charge < -0.3 is 19.7 Å². The van der Waals surface area contributed by atoms with Gasteiger partial charge in [0.05, 0.1) is 25.1 Å². The second kappa shape index (κ2) is 12.4. The van der Waals surface area contributed by atoms with Crippen molar-refractivity contribution in [1.29, 1.82) is 5.26 Å². The number of hydrogen-bond acceptors (Lipinski definition) is 6. The first-order chi connectivity index (χ1) is 17.9. The normalized spacial score (nSPS) is 18.7. The third kappa shape index (κ3) is 8.20. The van der Waals surface area contributed by atoms with E-state index in [-0.39, 0.29) is 29.8 Å². The van der Waals surface area contributed by atoms with Crippen molar-refractivity contribution in [3.63, 3.8) is 0 Å². The highest BCUT2D eigenvalue weighted by molar-refractivity contribution is 5.90. The van der Waals surface area contributed by atoms with Crippen LogP contribution < -0.4 is 10.2 Å². The molecule has 2 unspecified atom stereocenters. The molecule has 10 heteroatoms. The summed E-state index contributed by atoms with van der Waals surface area (Å²) >= 11 is 0. The molecule has 3 amide bonds. The first-order valence-corrected chi connectivity index (χ1v) is 12.4. The molecule has 0 saturated carbocycles. The number of likely N-dealkylation sites (tertiary alicyclic amines) is 1. The van der Waals surface area contributed by atoms with Gasteiger partial charge in [0.2, 0.25) is 5.91 Å². The van der Waals surface area contributed by atoms with Gasteiger partial charge >= 0.3 is 12.2 Å². The standard InChI is InChI=1S/C18H17FN2O3.C10H16N2O2/c1-12(22)20-10-17-11-21(18(23)24-17)16-7-5-13(6-8-16)14-3-2-4-15(19)9-14;1-10(2,3)14-9(13)12-5-4-8(6-11)7-12/h2-9,17H,10-11H2,1H3,(H,20,22);8H,4-5,7H2,1-3H3. The van der Waals surface area contributed by atoms with Crippen LogP contribution >= 0.6 is 0 Å². The summed E-state index contributed by atoms with van der Waals surface area (Å²) in [6, 6.07) is 15.8. The largest absolute Gasteiger partial charge is 0.444 e. The van der Waals surface area contributed by atoms with E-state index in [9.17, 15) is 18.8 Å². The molecule has 2 saturated heterocycles. The minimum atomic E-state index is -0.457. The molecular weight excluding hydrogens is 491 g/mol. The number of carbonyl (C=O) groups is 3. The Kier molecular flexibility index (Phi) is 9.29. The van der Waals surface area contributed by atoms with Crippen LogP contribution in [0.15, 0.2) is 48.5 Å². The SMILES string of the molecule is CC(=O)NCC1CN(c2ccc(-c3cccc(F)c3)cc2)C(=O)O1.CC(C)(C)OC(=O)N1CCC(C#N)C1. The Balaban J connectivity index is 0.000000244. The number of nitrogens with zero attached hydrogens (tertiary/aromatic N) is 3. The van der Waals surface area contributed by atoms with Crippen molar-refractivity contribution in [2.75, 3.05) is 31.1 Å². The maximum atomic E-state index is 13.3. The minimum Gasteiger partial charge on any atom is -0.444 e. The Hall–Kier alpha value is -4.13. The number of nitrogens with one attached hydrogen (secondary N) is 1. The van der Waals surface area contributed by atoms with Gasteiger partial charge in [-0.1, -0.05) is 24.3 Å². The molecule has 2 aliphatic rings. The quantitative estimate of drug-likeness (QED) is 0.619. The number of halogens is 1. The molecule has 2 atom stereocenters. The highest BCUT2D eigenvalue weighted by Gasteiger charge is 2.32. The fraction of sp³-hybridized carbons (Fsp3) is 0.429. The Labute approximate surface area is 222 Å². The van der Waals surface area contributed by atoms with Crippen LogP contribution in [-0.4, -0.2) is 60.9 Å². The smallest absolute Gasteiger partial charge is 0.414 e. The van der Waals surface area contributed by atoms with Crippen LogP contribution in [0.1, 0.15) is 34.1 Å². The molecule has 0 bridgehead atoms. The molecule has 2 fully saturated rings. The third-order valence-corrected chi connectivity index (χ3v) is 5.81. The van der Waals surface area contributed by atoms with Crippen molar-refractivity contribution in [2.45, 2.75) is 45.8 Å². The molecule has 0 aliphatic carbocycles. The predicted octanol–water partition coefficient (Wildman–Crippen LogP) is 4.72. The summed E-state index contributed by atoms with van der Waals surface area (Å²) in [7, 11) is 0. The van der Waals surface area contributed by atoms with Gasteiger partial charge in [-0.25, -0.2) is 14.0 Å². The number of amides is 3. The fourth-order valence-electron chi connectivity index (χ4n) is 3.96. The Morgan fingerprint density at radius 3 is 2.45 bits per heavy atom. The number of rotatable bonds is 4. The number of anilines is 1. The van der Waals surface area contributed by atoms with Gasteiger partial charge in [0.25, 0.3) is 0 Å². The Morgan fingerprint density at radius 2 is 1.87 bits per heavy atom. The monoisotopic (exact) mass is 524 g/mol. The zero-order valence-corrected chi connectivity index (χ0v) is 22.1. The van der Waals surface area contributed by atoms with E-state index in [1.807, 2.05) is 39.0 Å². The van der Waals surface area contributed by atoms with Crippen molar-refractivity contribution < 1.29 is 28.2 Å². The maximum absolute atomic E-state index is 13.3. The summed E-state index contributed by atoms with van der Waals surface area (Å²) in [6.07, 6.45) is -0.362. The van der Waals surface area contributed by atoms with Crippen LogP contribution in [0, 0.1) is 23.1 Å². The number of hydrogen-bond donors (Lipinski definition) is 1. The van der Waals surface area contributed by atoms with Gasteiger partial charge in [-0.15, -0.1) is 0 Å². The molecule has 0 radical (unpaired) electrons. The van der Waals surface area contributed by atoms with E-state index in [0.29, 0.717) is 31.9 Å². The minimum absolute atomic E-state index is 0.0254. The average molecular weight is 525 g/mol. The molecule has 0 aromatic heterocycles. The summed E-state index contributed by atoms with van der Waals surface area (Å²) in [4.78, 5) is 37.5. The van der Waals surface area contributed by atoms with Gasteiger partial charge in [-0.3, -0.25) is 9.69 Å². The molecular formula is C28H33FN4O5. The predicted molar refractivity (Wildman–Crippen MR) is 140 cm³/mol. The fourth-order valence-corrected chi connectivity index (χ4v) is 3.96. The van der Waals surface area contributed by atoms with Gasteiger partial charge in [0.1, 0.15) is 17.5 Å². The van der Waals surface area contributed by atoms with Crippen molar-refractivity contribution in [3.8, 4) is 17.2 Å². The Bertz CT molecular complexity index is 1190. The zero-order valence-electron chi connectivity index (χ0n) is 22.1. The van der Waals surface area contributed by atoms with Gasteiger partial charge in [0, 0.05) is 25.7 Å². The lowest BCUT2D eigenvalue weighted by Crippen LogP contribution is -2.35. The first-order valence-electron chi connectivity index (χ1n) is 12.4. The number of nitriles is 1. The molecule has 9 nitrogen and oxygen atoms in total. The number of cyclic esters (lactones) is 1. The van der Waals surface area contributed by atoms with E-state index in [1.54, 1.807) is 23.1 Å². The zero-order chi connectivity index (χ0) is 27.9. The van der Waals surface area contributed by atoms with Crippen LogP contribution in [0.25, 0.3) is 11.1 Å². The lowest BCUT2D eigenvalue weighted by Gasteiger charge is -2.24. The summed E-state index contributed by atoms with van der Waals surface area (Å²) in [6.45, 7) is 8.73. The molecule has 2 aromatic rings. The van der Waals surface area contributed by atoms with E-state index >= 15 is 0 Å². The summed E-state index contributed by atoms with van der Waals surface area (Å²) in [5, 5.41) is 11.3. The second-order valence-electron chi connectivity index (χ2n) is 10.2. The topological polar surface area (TPSA) is 112 Å². The van der Waals surface area contributed by atoms with Crippen molar-refractivity contribution in [3.05, 3.63) is 54.3 Å². The van der Waals surface area contributed by atoms with Crippen LogP contribution in [-0.2, 0) is 14.3 Å². The molecule has 2 aliphatic heterocycles. The molecule has 2 heterocycles. The molecule has 2 aromatic carbocycles. The van der Waals surface area contributed by atoms with E-state index in [0.717, 1.165) is 17.5 Å². The summed E-state index contributed by atoms with van der Waals surface area (Å²) in [5.41, 5.74) is 1.88. The molecule has 0 spiro atoms. The third-order valence-electron chi connectivity index (χ3n) is 5.81. The second-order valence-corrected chi connectivity index (χ2v) is 10.2. The summed E-state index contributed by atoms with van der Waals surface area (Å²) < 4.78 is 23.7. The van der Waals surface area contributed by atoms with Gasteiger partial charge in [-0.05, 0) is 62.6 Å². The van der Waals surface area contributed by atoms with E-state index in [4.69, 9.17) is 14.7 Å². The van der Waals surface area contributed by atoms with Gasteiger partial charge in [-0.2, -0.15) is 5.26 Å². The number of benzene rings is 2.